The second-order valence-corrected chi connectivity index (χ2v) is 10.8. The summed E-state index contributed by atoms with van der Waals surface area (Å²) < 4.78 is 0. The van der Waals surface area contributed by atoms with Crippen molar-refractivity contribution >= 4 is 29.1 Å². The quantitative estimate of drug-likeness (QED) is 0.508. The predicted octanol–water partition coefficient (Wildman–Crippen LogP) is 3.50. The average Bonchev–Trinajstić information content (AvgIpc) is 3.52. The van der Waals surface area contributed by atoms with Crippen LogP contribution in [-0.2, 0) is 26.5 Å². The topological polar surface area (TPSA) is 101 Å². The zero-order valence-electron chi connectivity index (χ0n) is 22.5. The van der Waals surface area contributed by atoms with Crippen molar-refractivity contribution in [1.82, 2.24) is 4.90 Å². The Balaban J connectivity index is 1.44. The van der Waals surface area contributed by atoms with Crippen LogP contribution in [0.25, 0.3) is 0 Å². The van der Waals surface area contributed by atoms with Gasteiger partial charge in [0, 0.05) is 43.1 Å². The maximum Gasteiger partial charge on any atom is 0.264 e. The number of aliphatic hydroxyl groups excluding tert-OH is 1. The van der Waals surface area contributed by atoms with Crippen LogP contribution in [0.3, 0.4) is 0 Å². The molecular weight excluding hydrogens is 494 g/mol. The zero-order valence-corrected chi connectivity index (χ0v) is 22.5. The summed E-state index contributed by atoms with van der Waals surface area (Å²) in [4.78, 5) is 44.4. The van der Waals surface area contributed by atoms with Crippen molar-refractivity contribution in [3.63, 3.8) is 0 Å². The van der Waals surface area contributed by atoms with Gasteiger partial charge in [-0.2, -0.15) is 0 Å². The maximum absolute atomic E-state index is 13.9. The van der Waals surface area contributed by atoms with Gasteiger partial charge in [-0.25, -0.2) is 0 Å². The van der Waals surface area contributed by atoms with E-state index in [1.807, 2.05) is 42.5 Å². The van der Waals surface area contributed by atoms with Crippen LogP contribution in [0.15, 0.2) is 60.7 Å². The minimum Gasteiger partial charge on any atom is -0.394 e. The fourth-order valence-electron chi connectivity index (χ4n) is 6.09. The fraction of sp³-hybridized carbons (Fsp3) is 0.452. The number of hydrogen-bond donors (Lipinski definition) is 2. The van der Waals surface area contributed by atoms with Crippen molar-refractivity contribution in [2.45, 2.75) is 63.6 Å². The summed E-state index contributed by atoms with van der Waals surface area (Å²) in [6, 6.07) is 15.0. The molecule has 206 valence electrons. The Hall–Kier alpha value is -3.49. The molecule has 3 atom stereocenters. The Morgan fingerprint density at radius 3 is 2.64 bits per heavy atom. The highest BCUT2D eigenvalue weighted by Gasteiger charge is 2.52. The number of piperidine rings is 1. The van der Waals surface area contributed by atoms with Crippen molar-refractivity contribution in [3.05, 3.63) is 71.8 Å². The third-order valence-electron chi connectivity index (χ3n) is 8.36. The molecule has 8 heteroatoms. The third kappa shape index (κ3) is 5.11. The van der Waals surface area contributed by atoms with Gasteiger partial charge in [0.2, 0.25) is 11.8 Å². The average molecular weight is 532 g/mol. The SMILES string of the molecule is C[C@@H](/C=C/CC(=O)N1CCC[C@H]1CO)[C@]1(O)C(=O)N(Cc2ccccc2)c2ccc(N3CCCCC3=O)cc21. The van der Waals surface area contributed by atoms with E-state index in [4.69, 9.17) is 0 Å². The minimum atomic E-state index is -1.85. The standard InChI is InChI=1S/C31H37N3O5/c1-22(9-7-14-29(37)33-18-8-12-25(33)21-35)31(39)26-19-24(32-17-6-5-13-28(32)36)15-16-27(26)34(30(31)38)20-23-10-3-2-4-11-23/h2-4,7,9-11,15-16,19,22,25,35,39H,5-6,8,12-14,17-18,20-21H2,1H3/b9-7+/t22-,25-,31+/m0/s1. The van der Waals surface area contributed by atoms with Crippen LogP contribution in [0, 0.1) is 5.92 Å². The second kappa shape index (κ2) is 11.3. The molecule has 0 aromatic heterocycles. The fourth-order valence-corrected chi connectivity index (χ4v) is 6.09. The number of likely N-dealkylation sites (tertiary alicyclic amines) is 1. The molecule has 3 aliphatic heterocycles. The van der Waals surface area contributed by atoms with Crippen LogP contribution in [0.1, 0.15) is 56.6 Å². The molecule has 2 N–H and O–H groups in total. The Morgan fingerprint density at radius 2 is 1.90 bits per heavy atom. The molecule has 0 aliphatic carbocycles. The molecule has 3 amide bonds. The van der Waals surface area contributed by atoms with Crippen LogP contribution in [0.2, 0.25) is 0 Å². The first-order valence-electron chi connectivity index (χ1n) is 13.9. The summed E-state index contributed by atoms with van der Waals surface area (Å²) in [6.45, 7) is 3.29. The lowest BCUT2D eigenvalue weighted by Crippen LogP contribution is -2.44. The normalized spacial score (nSPS) is 24.1. The van der Waals surface area contributed by atoms with E-state index in [0.29, 0.717) is 43.0 Å². The van der Waals surface area contributed by atoms with Crippen LogP contribution in [0.4, 0.5) is 11.4 Å². The Morgan fingerprint density at radius 1 is 1.10 bits per heavy atom. The van der Waals surface area contributed by atoms with Crippen molar-refractivity contribution in [2.75, 3.05) is 29.5 Å². The molecule has 0 saturated carbocycles. The Bertz CT molecular complexity index is 1260. The number of carbonyl (C=O) groups is 3. The van der Waals surface area contributed by atoms with Crippen molar-refractivity contribution in [2.24, 2.45) is 5.92 Å². The van der Waals surface area contributed by atoms with Gasteiger partial charge in [0.1, 0.15) is 0 Å². The van der Waals surface area contributed by atoms with E-state index in [9.17, 15) is 24.6 Å². The summed E-state index contributed by atoms with van der Waals surface area (Å²) >= 11 is 0. The van der Waals surface area contributed by atoms with E-state index >= 15 is 0 Å². The number of fused-ring (bicyclic) bond motifs is 1. The number of aliphatic hydroxyl groups is 2. The van der Waals surface area contributed by atoms with E-state index < -0.39 is 17.4 Å². The van der Waals surface area contributed by atoms with Crippen LogP contribution >= 0.6 is 0 Å². The number of nitrogens with zero attached hydrogens (tertiary/aromatic N) is 3. The van der Waals surface area contributed by atoms with Gasteiger partial charge in [0.25, 0.3) is 5.91 Å². The summed E-state index contributed by atoms with van der Waals surface area (Å²) in [6.07, 6.45) is 7.51. The highest BCUT2D eigenvalue weighted by Crippen LogP contribution is 2.47. The summed E-state index contributed by atoms with van der Waals surface area (Å²) in [5, 5.41) is 21.7. The molecule has 2 saturated heterocycles. The Kier molecular flexibility index (Phi) is 7.86. The summed E-state index contributed by atoms with van der Waals surface area (Å²) in [5.41, 5.74) is 0.872. The molecule has 0 unspecified atom stereocenters. The minimum absolute atomic E-state index is 0.0456. The van der Waals surface area contributed by atoms with Crippen LogP contribution < -0.4 is 9.80 Å². The number of carbonyl (C=O) groups excluding carboxylic acids is 3. The van der Waals surface area contributed by atoms with Crippen LogP contribution in [0.5, 0.6) is 0 Å². The lowest BCUT2D eigenvalue weighted by atomic mass is 9.82. The van der Waals surface area contributed by atoms with E-state index in [-0.39, 0.29) is 30.9 Å². The number of amides is 3. The summed E-state index contributed by atoms with van der Waals surface area (Å²) in [5.74, 6) is -1.08. The molecule has 0 spiro atoms. The van der Waals surface area contributed by atoms with Crippen LogP contribution in [-0.4, -0.2) is 58.6 Å². The molecule has 2 aromatic carbocycles. The molecule has 2 fully saturated rings. The molecule has 8 nitrogen and oxygen atoms in total. The third-order valence-corrected chi connectivity index (χ3v) is 8.36. The first-order valence-corrected chi connectivity index (χ1v) is 13.9. The largest absolute Gasteiger partial charge is 0.394 e. The molecule has 2 aromatic rings. The lowest BCUT2D eigenvalue weighted by Gasteiger charge is -2.30. The number of anilines is 2. The number of rotatable bonds is 8. The zero-order chi connectivity index (χ0) is 27.6. The van der Waals surface area contributed by atoms with E-state index in [0.717, 1.165) is 31.2 Å². The second-order valence-electron chi connectivity index (χ2n) is 10.8. The van der Waals surface area contributed by atoms with Gasteiger partial charge in [-0.15, -0.1) is 0 Å². The molecule has 3 heterocycles. The Labute approximate surface area is 229 Å². The molecule has 3 aliphatic rings. The van der Waals surface area contributed by atoms with E-state index in [2.05, 4.69) is 0 Å². The van der Waals surface area contributed by atoms with Gasteiger partial charge in [-0.3, -0.25) is 14.4 Å². The summed E-state index contributed by atoms with van der Waals surface area (Å²) in [7, 11) is 0. The van der Waals surface area contributed by atoms with Crippen molar-refractivity contribution < 1.29 is 24.6 Å². The van der Waals surface area contributed by atoms with Crippen molar-refractivity contribution in [3.8, 4) is 0 Å². The van der Waals surface area contributed by atoms with Crippen molar-refractivity contribution in [1.29, 1.82) is 0 Å². The molecule has 5 rings (SSSR count). The monoisotopic (exact) mass is 531 g/mol. The molecular formula is C31H37N3O5. The van der Waals surface area contributed by atoms with Gasteiger partial charge < -0.3 is 24.9 Å². The maximum atomic E-state index is 13.9. The van der Waals surface area contributed by atoms with Gasteiger partial charge in [0.15, 0.2) is 5.60 Å². The first-order chi connectivity index (χ1) is 18.8. The molecule has 0 bridgehead atoms. The van der Waals surface area contributed by atoms with Gasteiger partial charge in [-0.1, -0.05) is 49.4 Å². The van der Waals surface area contributed by atoms with Gasteiger partial charge >= 0.3 is 0 Å². The highest BCUT2D eigenvalue weighted by atomic mass is 16.3. The number of hydrogen-bond acceptors (Lipinski definition) is 5. The molecule has 39 heavy (non-hydrogen) atoms. The van der Waals surface area contributed by atoms with E-state index in [1.54, 1.807) is 39.8 Å². The number of benzene rings is 2. The smallest absolute Gasteiger partial charge is 0.264 e. The molecule has 0 radical (unpaired) electrons. The highest BCUT2D eigenvalue weighted by molar-refractivity contribution is 6.08. The lowest BCUT2D eigenvalue weighted by molar-refractivity contribution is -0.139. The predicted molar refractivity (Wildman–Crippen MR) is 149 cm³/mol. The van der Waals surface area contributed by atoms with Gasteiger partial charge in [-0.05, 0) is 49.4 Å². The van der Waals surface area contributed by atoms with E-state index in [1.165, 1.54) is 0 Å². The van der Waals surface area contributed by atoms with Gasteiger partial charge in [0.05, 0.1) is 24.9 Å². The first kappa shape index (κ1) is 27.1.